The van der Waals surface area contributed by atoms with Crippen molar-refractivity contribution in [2.24, 2.45) is 5.92 Å². The van der Waals surface area contributed by atoms with Gasteiger partial charge in [-0.15, -0.1) is 0 Å². The molecule has 0 aliphatic heterocycles. The molecule has 0 heterocycles. The number of hydrogen-bond acceptors (Lipinski definition) is 2. The lowest BCUT2D eigenvalue weighted by Crippen LogP contribution is -2.21. The summed E-state index contributed by atoms with van der Waals surface area (Å²) in [5, 5.41) is 10.4. The van der Waals surface area contributed by atoms with E-state index in [1.165, 1.54) is 12.0 Å². The van der Waals surface area contributed by atoms with Crippen molar-refractivity contribution in [3.8, 4) is 5.75 Å². The van der Waals surface area contributed by atoms with Crippen LogP contribution in [-0.4, -0.2) is 12.2 Å². The lowest BCUT2D eigenvalue weighted by atomic mass is 9.77. The Morgan fingerprint density at radius 1 is 1.28 bits per heavy atom. The smallest absolute Gasteiger partial charge is 0.122 e. The topological polar surface area (TPSA) is 29.5 Å². The monoisotopic (exact) mass is 248 g/mol. The zero-order valence-corrected chi connectivity index (χ0v) is 11.9. The van der Waals surface area contributed by atoms with Gasteiger partial charge in [-0.3, -0.25) is 0 Å². The lowest BCUT2D eigenvalue weighted by Gasteiger charge is -2.31. The van der Waals surface area contributed by atoms with Gasteiger partial charge in [0.1, 0.15) is 5.75 Å². The number of ether oxygens (including phenoxy) is 1. The van der Waals surface area contributed by atoms with Crippen LogP contribution in [0.5, 0.6) is 5.75 Å². The number of methoxy groups -OCH3 is 1. The van der Waals surface area contributed by atoms with Crippen LogP contribution >= 0.6 is 0 Å². The van der Waals surface area contributed by atoms with Gasteiger partial charge in [0.25, 0.3) is 0 Å². The summed E-state index contributed by atoms with van der Waals surface area (Å²) < 4.78 is 5.43. The molecule has 0 spiro atoms. The number of rotatable bonds is 3. The van der Waals surface area contributed by atoms with E-state index < -0.39 is 0 Å². The fourth-order valence-electron chi connectivity index (χ4n) is 2.52. The molecule has 1 fully saturated rings. The molecule has 0 radical (unpaired) electrons. The molecule has 1 aliphatic rings. The first kappa shape index (κ1) is 13.4. The Morgan fingerprint density at radius 2 is 1.94 bits per heavy atom. The first-order chi connectivity index (χ1) is 8.43. The molecule has 1 aromatic rings. The van der Waals surface area contributed by atoms with Crippen molar-refractivity contribution in [2.45, 2.75) is 51.6 Å². The molecule has 1 aromatic carbocycles. The summed E-state index contributed by atoms with van der Waals surface area (Å²) in [5.74, 6) is 1.36. The summed E-state index contributed by atoms with van der Waals surface area (Å²) in [6.07, 6.45) is 3.24. The standard InChI is InChI=1S/C16H24O2/c1-16(2,3)13-10-12(8-9-14(13)18-4)15(17)11-6-5-7-11/h8-11,15,17H,5-7H2,1-4H3. The zero-order valence-electron chi connectivity index (χ0n) is 11.9. The molecule has 1 aliphatic carbocycles. The van der Waals surface area contributed by atoms with Crippen LogP contribution in [0, 0.1) is 5.92 Å². The van der Waals surface area contributed by atoms with Gasteiger partial charge in [0.05, 0.1) is 13.2 Å². The summed E-state index contributed by atoms with van der Waals surface area (Å²) in [6.45, 7) is 6.51. The van der Waals surface area contributed by atoms with Crippen LogP contribution in [0.15, 0.2) is 18.2 Å². The highest BCUT2D eigenvalue weighted by atomic mass is 16.5. The minimum Gasteiger partial charge on any atom is -0.496 e. The summed E-state index contributed by atoms with van der Waals surface area (Å²) in [6, 6.07) is 6.09. The molecular weight excluding hydrogens is 224 g/mol. The van der Waals surface area contributed by atoms with Crippen molar-refractivity contribution in [2.75, 3.05) is 7.11 Å². The SMILES string of the molecule is COc1ccc(C(O)C2CCC2)cc1C(C)(C)C. The fourth-order valence-corrected chi connectivity index (χ4v) is 2.52. The summed E-state index contributed by atoms with van der Waals surface area (Å²) in [7, 11) is 1.70. The highest BCUT2D eigenvalue weighted by Crippen LogP contribution is 2.40. The van der Waals surface area contributed by atoms with Gasteiger partial charge in [0, 0.05) is 0 Å². The largest absolute Gasteiger partial charge is 0.496 e. The highest BCUT2D eigenvalue weighted by molar-refractivity contribution is 5.42. The van der Waals surface area contributed by atoms with E-state index in [0.29, 0.717) is 5.92 Å². The van der Waals surface area contributed by atoms with Crippen LogP contribution in [0.4, 0.5) is 0 Å². The van der Waals surface area contributed by atoms with Crippen LogP contribution in [0.2, 0.25) is 0 Å². The van der Waals surface area contributed by atoms with Crippen molar-refractivity contribution in [1.29, 1.82) is 0 Å². The van der Waals surface area contributed by atoms with Crippen molar-refractivity contribution in [3.63, 3.8) is 0 Å². The molecule has 2 heteroatoms. The predicted molar refractivity (Wildman–Crippen MR) is 74.0 cm³/mol. The second-order valence-corrected chi connectivity index (χ2v) is 6.35. The Morgan fingerprint density at radius 3 is 2.39 bits per heavy atom. The van der Waals surface area contributed by atoms with Crippen LogP contribution in [-0.2, 0) is 5.41 Å². The van der Waals surface area contributed by atoms with Gasteiger partial charge < -0.3 is 9.84 Å². The van der Waals surface area contributed by atoms with Crippen molar-refractivity contribution in [3.05, 3.63) is 29.3 Å². The predicted octanol–water partition coefficient (Wildman–Crippen LogP) is 3.83. The normalized spacial score (nSPS) is 18.3. The molecule has 2 nitrogen and oxygen atoms in total. The van der Waals surface area contributed by atoms with Gasteiger partial charge in [-0.05, 0) is 47.4 Å². The van der Waals surface area contributed by atoms with E-state index >= 15 is 0 Å². The molecule has 1 unspecified atom stereocenters. The summed E-state index contributed by atoms with van der Waals surface area (Å²) in [4.78, 5) is 0. The summed E-state index contributed by atoms with van der Waals surface area (Å²) in [5.41, 5.74) is 2.23. The third-order valence-corrected chi connectivity index (χ3v) is 3.97. The minimum absolute atomic E-state index is 0.0285. The number of benzene rings is 1. The Balaban J connectivity index is 2.33. The Hall–Kier alpha value is -1.02. The average molecular weight is 248 g/mol. The Kier molecular flexibility index (Phi) is 3.67. The van der Waals surface area contributed by atoms with Gasteiger partial charge in [0.15, 0.2) is 0 Å². The molecule has 18 heavy (non-hydrogen) atoms. The van der Waals surface area contributed by atoms with Crippen LogP contribution in [0.25, 0.3) is 0 Å². The van der Waals surface area contributed by atoms with E-state index in [1.807, 2.05) is 12.1 Å². The first-order valence-electron chi connectivity index (χ1n) is 6.80. The lowest BCUT2D eigenvalue weighted by molar-refractivity contribution is 0.0619. The highest BCUT2D eigenvalue weighted by Gasteiger charge is 2.28. The van der Waals surface area contributed by atoms with Gasteiger partial charge >= 0.3 is 0 Å². The molecule has 1 N–H and O–H groups in total. The van der Waals surface area contributed by atoms with Crippen LogP contribution in [0.3, 0.4) is 0 Å². The third-order valence-electron chi connectivity index (χ3n) is 3.97. The number of aliphatic hydroxyl groups excluding tert-OH is 1. The van der Waals surface area contributed by atoms with Crippen molar-refractivity contribution < 1.29 is 9.84 Å². The van der Waals surface area contributed by atoms with E-state index in [-0.39, 0.29) is 11.5 Å². The van der Waals surface area contributed by atoms with Crippen LogP contribution < -0.4 is 4.74 Å². The van der Waals surface area contributed by atoms with E-state index in [1.54, 1.807) is 7.11 Å². The van der Waals surface area contributed by atoms with Gasteiger partial charge in [-0.2, -0.15) is 0 Å². The molecule has 0 amide bonds. The quantitative estimate of drug-likeness (QED) is 0.881. The molecule has 0 bridgehead atoms. The van der Waals surface area contributed by atoms with Crippen molar-refractivity contribution in [1.82, 2.24) is 0 Å². The van der Waals surface area contributed by atoms with E-state index in [0.717, 1.165) is 24.2 Å². The maximum Gasteiger partial charge on any atom is 0.122 e. The molecule has 100 valence electrons. The van der Waals surface area contributed by atoms with E-state index in [2.05, 4.69) is 26.8 Å². The molecule has 1 saturated carbocycles. The Bertz CT molecular complexity index is 414. The molecule has 0 saturated heterocycles. The third kappa shape index (κ3) is 2.54. The van der Waals surface area contributed by atoms with Gasteiger partial charge in [-0.25, -0.2) is 0 Å². The maximum atomic E-state index is 10.4. The molecule has 1 atom stereocenters. The maximum absolute atomic E-state index is 10.4. The first-order valence-corrected chi connectivity index (χ1v) is 6.80. The van der Waals surface area contributed by atoms with Gasteiger partial charge in [-0.1, -0.05) is 33.3 Å². The zero-order chi connectivity index (χ0) is 13.3. The fraction of sp³-hybridized carbons (Fsp3) is 0.625. The molecule has 2 rings (SSSR count). The molecular formula is C16H24O2. The second kappa shape index (κ2) is 4.93. The summed E-state index contributed by atoms with van der Waals surface area (Å²) >= 11 is 0. The Labute approximate surface area is 110 Å². The van der Waals surface area contributed by atoms with Crippen molar-refractivity contribution >= 4 is 0 Å². The number of aliphatic hydroxyl groups is 1. The second-order valence-electron chi connectivity index (χ2n) is 6.35. The number of hydrogen-bond donors (Lipinski definition) is 1. The van der Waals surface area contributed by atoms with Crippen LogP contribution in [0.1, 0.15) is 57.3 Å². The van der Waals surface area contributed by atoms with E-state index in [9.17, 15) is 5.11 Å². The van der Waals surface area contributed by atoms with E-state index in [4.69, 9.17) is 4.74 Å². The minimum atomic E-state index is -0.314. The molecule has 0 aromatic heterocycles. The average Bonchev–Trinajstić information content (AvgIpc) is 2.24. The van der Waals surface area contributed by atoms with Gasteiger partial charge in [0.2, 0.25) is 0 Å².